The maximum absolute atomic E-state index is 9.59. The van der Waals surface area contributed by atoms with Gasteiger partial charge in [0.15, 0.2) is 5.41 Å². The summed E-state index contributed by atoms with van der Waals surface area (Å²) < 4.78 is 0. The zero-order valence-corrected chi connectivity index (χ0v) is 10.2. The molecule has 1 aromatic carbocycles. The maximum Gasteiger partial charge on any atom is 0.189 e. The third-order valence-electron chi connectivity index (χ3n) is 3.65. The van der Waals surface area contributed by atoms with Crippen molar-refractivity contribution in [2.75, 3.05) is 0 Å². The Morgan fingerprint density at radius 1 is 1.11 bits per heavy atom. The molecule has 2 aliphatic rings. The van der Waals surface area contributed by atoms with Crippen molar-refractivity contribution in [1.82, 2.24) is 10.4 Å². The van der Waals surface area contributed by atoms with Crippen molar-refractivity contribution in [3.05, 3.63) is 60.3 Å². The Bertz CT molecular complexity index is 604. The van der Waals surface area contributed by atoms with Crippen molar-refractivity contribution < 1.29 is 0 Å². The average molecular weight is 248 g/mol. The molecule has 4 nitrogen and oxygen atoms in total. The van der Waals surface area contributed by atoms with Gasteiger partial charge in [-0.15, -0.1) is 0 Å². The number of hydrazine groups is 1. The van der Waals surface area contributed by atoms with Crippen molar-refractivity contribution in [3.63, 3.8) is 0 Å². The van der Waals surface area contributed by atoms with Crippen molar-refractivity contribution in [3.8, 4) is 12.1 Å². The van der Waals surface area contributed by atoms with Crippen LogP contribution in [0.15, 0.2) is 54.8 Å². The Morgan fingerprint density at radius 3 is 2.53 bits per heavy atom. The van der Waals surface area contributed by atoms with Crippen LogP contribution in [0.5, 0.6) is 0 Å². The van der Waals surface area contributed by atoms with Gasteiger partial charge in [0, 0.05) is 6.20 Å². The lowest BCUT2D eigenvalue weighted by Crippen LogP contribution is -2.37. The highest BCUT2D eigenvalue weighted by Gasteiger charge is 2.55. The van der Waals surface area contributed by atoms with E-state index in [4.69, 9.17) is 0 Å². The number of rotatable bonds is 1. The van der Waals surface area contributed by atoms with E-state index >= 15 is 0 Å². The highest BCUT2D eigenvalue weighted by molar-refractivity contribution is 5.39. The molecule has 2 aliphatic heterocycles. The first kappa shape index (κ1) is 11.5. The molecule has 1 aromatic rings. The fourth-order valence-corrected chi connectivity index (χ4v) is 2.68. The van der Waals surface area contributed by atoms with Crippen LogP contribution in [-0.4, -0.2) is 11.1 Å². The van der Waals surface area contributed by atoms with Crippen molar-refractivity contribution in [2.45, 2.75) is 12.1 Å². The summed E-state index contributed by atoms with van der Waals surface area (Å²) in [7, 11) is 0. The van der Waals surface area contributed by atoms with E-state index in [9.17, 15) is 10.5 Å². The fraction of sp³-hybridized carbons (Fsp3) is 0.200. The molecule has 0 radical (unpaired) electrons. The van der Waals surface area contributed by atoms with Gasteiger partial charge in [0.25, 0.3) is 0 Å². The van der Waals surface area contributed by atoms with Gasteiger partial charge >= 0.3 is 0 Å². The maximum atomic E-state index is 9.59. The normalized spacial score (nSPS) is 26.5. The van der Waals surface area contributed by atoms with Gasteiger partial charge in [0.05, 0.1) is 24.2 Å². The van der Waals surface area contributed by atoms with E-state index in [1.165, 1.54) is 0 Å². The highest BCUT2D eigenvalue weighted by atomic mass is 15.6. The number of nitriles is 2. The van der Waals surface area contributed by atoms with Gasteiger partial charge in [-0.3, -0.25) is 0 Å². The summed E-state index contributed by atoms with van der Waals surface area (Å²) in [6, 6.07) is 13.5. The monoisotopic (exact) mass is 248 g/mol. The van der Waals surface area contributed by atoms with Crippen LogP contribution in [0.4, 0.5) is 0 Å². The SMILES string of the molecule is N#CC1(C#N)[C@@H]2C=CC=CN2N[C@H]1c1ccccc1. The molecule has 1 saturated heterocycles. The Labute approximate surface area is 111 Å². The van der Waals surface area contributed by atoms with Gasteiger partial charge in [0.2, 0.25) is 0 Å². The van der Waals surface area contributed by atoms with Crippen LogP contribution in [0.1, 0.15) is 11.6 Å². The number of hydrogen-bond donors (Lipinski definition) is 1. The zero-order valence-electron chi connectivity index (χ0n) is 10.2. The minimum absolute atomic E-state index is 0.266. The van der Waals surface area contributed by atoms with Gasteiger partial charge in [-0.05, 0) is 11.6 Å². The molecule has 0 aliphatic carbocycles. The van der Waals surface area contributed by atoms with Crippen LogP contribution < -0.4 is 5.43 Å². The standard InChI is InChI=1S/C15H12N4/c16-10-15(11-17)13-8-4-5-9-19(13)18-14(15)12-6-2-1-3-7-12/h1-9,13-14,18H/t13-,14-/m0/s1. The molecule has 92 valence electrons. The average Bonchev–Trinajstić information content (AvgIpc) is 2.83. The highest BCUT2D eigenvalue weighted by Crippen LogP contribution is 2.45. The van der Waals surface area contributed by atoms with Crippen LogP contribution in [-0.2, 0) is 0 Å². The number of fused-ring (bicyclic) bond motifs is 1. The van der Waals surface area contributed by atoms with Crippen molar-refractivity contribution in [2.24, 2.45) is 5.41 Å². The molecule has 2 atom stereocenters. The topological polar surface area (TPSA) is 62.9 Å². The van der Waals surface area contributed by atoms with E-state index in [0.717, 1.165) is 5.56 Å². The third-order valence-corrected chi connectivity index (χ3v) is 3.65. The van der Waals surface area contributed by atoms with Crippen LogP contribution in [0.2, 0.25) is 0 Å². The molecule has 19 heavy (non-hydrogen) atoms. The van der Waals surface area contributed by atoms with Crippen molar-refractivity contribution >= 4 is 0 Å². The largest absolute Gasteiger partial charge is 0.305 e. The second kappa shape index (κ2) is 4.28. The molecule has 0 spiro atoms. The smallest absolute Gasteiger partial charge is 0.189 e. The van der Waals surface area contributed by atoms with E-state index in [2.05, 4.69) is 17.6 Å². The lowest BCUT2D eigenvalue weighted by molar-refractivity contribution is 0.283. The lowest BCUT2D eigenvalue weighted by Gasteiger charge is -2.26. The molecule has 1 fully saturated rings. The molecule has 1 N–H and O–H groups in total. The Morgan fingerprint density at radius 2 is 1.84 bits per heavy atom. The summed E-state index contributed by atoms with van der Waals surface area (Å²) in [4.78, 5) is 0. The number of allylic oxidation sites excluding steroid dienone is 2. The molecule has 0 bridgehead atoms. The summed E-state index contributed by atoms with van der Waals surface area (Å²) in [6.45, 7) is 0. The number of benzene rings is 1. The van der Waals surface area contributed by atoms with Gasteiger partial charge in [0.1, 0.15) is 0 Å². The molecule has 0 aromatic heterocycles. The van der Waals surface area contributed by atoms with Crippen LogP contribution in [0, 0.1) is 28.1 Å². The molecule has 4 heteroatoms. The summed E-state index contributed by atoms with van der Waals surface area (Å²) in [5.74, 6) is 0. The summed E-state index contributed by atoms with van der Waals surface area (Å²) in [6.07, 6.45) is 7.51. The van der Waals surface area contributed by atoms with E-state index < -0.39 is 5.41 Å². The Kier molecular flexibility index (Phi) is 2.59. The predicted molar refractivity (Wildman–Crippen MR) is 69.9 cm³/mol. The number of nitrogens with zero attached hydrogens (tertiary/aromatic N) is 3. The summed E-state index contributed by atoms with van der Waals surface area (Å²) in [5.41, 5.74) is 3.08. The molecule has 0 unspecified atom stereocenters. The first-order valence-electron chi connectivity index (χ1n) is 6.09. The first-order chi connectivity index (χ1) is 9.31. The Hall–Kier alpha value is -2.56. The molecular formula is C15H12N4. The van der Waals surface area contributed by atoms with Gasteiger partial charge in [-0.1, -0.05) is 42.5 Å². The first-order valence-corrected chi connectivity index (χ1v) is 6.09. The molecule has 0 amide bonds. The van der Waals surface area contributed by atoms with E-state index in [0.29, 0.717) is 0 Å². The molecule has 3 rings (SSSR count). The van der Waals surface area contributed by atoms with Gasteiger partial charge < -0.3 is 5.01 Å². The number of nitrogens with one attached hydrogen (secondary N) is 1. The van der Waals surface area contributed by atoms with Gasteiger partial charge in [-0.25, -0.2) is 5.43 Å². The summed E-state index contributed by atoms with van der Waals surface area (Å²) >= 11 is 0. The van der Waals surface area contributed by atoms with Crippen LogP contribution in [0.25, 0.3) is 0 Å². The molecule has 2 heterocycles. The molecule has 0 saturated carbocycles. The van der Waals surface area contributed by atoms with E-state index in [1.54, 1.807) is 0 Å². The summed E-state index contributed by atoms with van der Waals surface area (Å²) in [5, 5.41) is 21.0. The second-order valence-corrected chi connectivity index (χ2v) is 4.64. The van der Waals surface area contributed by atoms with Crippen LogP contribution in [0.3, 0.4) is 0 Å². The third kappa shape index (κ3) is 1.55. The van der Waals surface area contributed by atoms with Gasteiger partial charge in [-0.2, -0.15) is 10.5 Å². The number of hydrogen-bond acceptors (Lipinski definition) is 4. The predicted octanol–water partition coefficient (Wildman–Crippen LogP) is 2.03. The fourth-order valence-electron chi connectivity index (χ4n) is 2.68. The van der Waals surface area contributed by atoms with Crippen LogP contribution >= 0.6 is 0 Å². The Balaban J connectivity index is 2.11. The minimum atomic E-state index is -1.12. The quantitative estimate of drug-likeness (QED) is 0.826. The van der Waals surface area contributed by atoms with E-state index in [-0.39, 0.29) is 12.1 Å². The van der Waals surface area contributed by atoms with Crippen molar-refractivity contribution in [1.29, 1.82) is 10.5 Å². The molecular weight excluding hydrogens is 236 g/mol. The zero-order chi connectivity index (χ0) is 13.3. The second-order valence-electron chi connectivity index (χ2n) is 4.64. The minimum Gasteiger partial charge on any atom is -0.305 e. The van der Waals surface area contributed by atoms with E-state index in [1.807, 2.05) is 59.8 Å². The lowest BCUT2D eigenvalue weighted by atomic mass is 9.75.